The molecule has 2 heterocycles. The maximum atomic E-state index is 12.5. The Morgan fingerprint density at radius 1 is 1.35 bits per heavy atom. The van der Waals surface area contributed by atoms with Gasteiger partial charge in [0.1, 0.15) is 17.2 Å². The molecule has 0 saturated carbocycles. The van der Waals surface area contributed by atoms with E-state index >= 15 is 0 Å². The molecule has 1 saturated heterocycles. The van der Waals surface area contributed by atoms with E-state index in [9.17, 15) is 4.79 Å². The minimum absolute atomic E-state index is 0.0205. The number of ether oxygens (including phenoxy) is 3. The molecule has 2 aromatic rings. The second-order valence-electron chi connectivity index (χ2n) is 5.79. The van der Waals surface area contributed by atoms with Crippen molar-refractivity contribution in [2.75, 3.05) is 20.8 Å². The standard InChI is InChI=1S/C17H22N2O4/c1-10(14-5-4-6-23-14)18-17(20)13-8-11-7-12(21-2)9-15(22-3)16(11)19-13/h7-10,14,19H,4-6H2,1-3H3,(H,18,20)/t10-,14+/m0/s1. The molecule has 23 heavy (non-hydrogen) atoms. The van der Waals surface area contributed by atoms with Crippen LogP contribution in [0.4, 0.5) is 0 Å². The maximum absolute atomic E-state index is 12.5. The van der Waals surface area contributed by atoms with E-state index in [-0.39, 0.29) is 18.1 Å². The number of carbonyl (C=O) groups is 1. The third-order valence-corrected chi connectivity index (χ3v) is 4.25. The first-order valence-corrected chi connectivity index (χ1v) is 7.79. The highest BCUT2D eigenvalue weighted by atomic mass is 16.5. The number of amides is 1. The fourth-order valence-corrected chi connectivity index (χ4v) is 2.96. The van der Waals surface area contributed by atoms with Gasteiger partial charge in [-0.15, -0.1) is 0 Å². The molecule has 2 atom stereocenters. The molecule has 0 aliphatic carbocycles. The monoisotopic (exact) mass is 318 g/mol. The smallest absolute Gasteiger partial charge is 0.268 e. The Hall–Kier alpha value is -2.21. The van der Waals surface area contributed by atoms with Gasteiger partial charge in [-0.1, -0.05) is 0 Å². The minimum atomic E-state index is -0.148. The first-order chi connectivity index (χ1) is 11.1. The van der Waals surface area contributed by atoms with Crippen LogP contribution >= 0.6 is 0 Å². The van der Waals surface area contributed by atoms with Crippen LogP contribution in [0.3, 0.4) is 0 Å². The normalized spacial score (nSPS) is 18.8. The fraction of sp³-hybridized carbons (Fsp3) is 0.471. The van der Waals surface area contributed by atoms with E-state index < -0.39 is 0 Å². The van der Waals surface area contributed by atoms with Crippen molar-refractivity contribution in [1.29, 1.82) is 0 Å². The summed E-state index contributed by atoms with van der Waals surface area (Å²) in [6.45, 7) is 2.74. The molecule has 0 bridgehead atoms. The van der Waals surface area contributed by atoms with E-state index in [0.717, 1.165) is 30.4 Å². The van der Waals surface area contributed by atoms with Gasteiger partial charge in [-0.05, 0) is 31.9 Å². The summed E-state index contributed by atoms with van der Waals surface area (Å²) >= 11 is 0. The largest absolute Gasteiger partial charge is 0.497 e. The zero-order valence-corrected chi connectivity index (χ0v) is 13.6. The molecule has 1 aromatic carbocycles. The molecule has 6 heteroatoms. The van der Waals surface area contributed by atoms with E-state index in [1.165, 1.54) is 0 Å². The number of aromatic nitrogens is 1. The lowest BCUT2D eigenvalue weighted by molar-refractivity contribution is 0.0710. The fourth-order valence-electron chi connectivity index (χ4n) is 2.96. The zero-order valence-electron chi connectivity index (χ0n) is 13.6. The van der Waals surface area contributed by atoms with Crippen molar-refractivity contribution in [2.24, 2.45) is 0 Å². The van der Waals surface area contributed by atoms with E-state index in [1.807, 2.05) is 13.0 Å². The van der Waals surface area contributed by atoms with Gasteiger partial charge in [-0.3, -0.25) is 4.79 Å². The van der Waals surface area contributed by atoms with Crippen LogP contribution in [-0.4, -0.2) is 43.9 Å². The molecule has 1 amide bonds. The lowest BCUT2D eigenvalue weighted by Crippen LogP contribution is -2.40. The summed E-state index contributed by atoms with van der Waals surface area (Å²) in [6.07, 6.45) is 2.13. The van der Waals surface area contributed by atoms with Crippen molar-refractivity contribution in [2.45, 2.75) is 31.9 Å². The van der Waals surface area contributed by atoms with Crippen LogP contribution in [-0.2, 0) is 4.74 Å². The van der Waals surface area contributed by atoms with E-state index in [4.69, 9.17) is 14.2 Å². The number of rotatable bonds is 5. The van der Waals surface area contributed by atoms with Gasteiger partial charge < -0.3 is 24.5 Å². The van der Waals surface area contributed by atoms with Gasteiger partial charge in [0.25, 0.3) is 5.91 Å². The summed E-state index contributed by atoms with van der Waals surface area (Å²) in [4.78, 5) is 15.6. The quantitative estimate of drug-likeness (QED) is 0.888. The number of methoxy groups -OCH3 is 2. The first kappa shape index (κ1) is 15.7. The van der Waals surface area contributed by atoms with Crippen LogP contribution in [0, 0.1) is 0 Å². The Morgan fingerprint density at radius 3 is 2.83 bits per heavy atom. The Kier molecular flexibility index (Phi) is 4.43. The third kappa shape index (κ3) is 3.12. The SMILES string of the molecule is COc1cc(OC)c2[nH]c(C(=O)N[C@@H](C)[C@H]3CCCO3)cc2c1. The number of H-pyrrole nitrogens is 1. The number of fused-ring (bicyclic) bond motifs is 1. The van der Waals surface area contributed by atoms with Gasteiger partial charge in [0.2, 0.25) is 0 Å². The molecule has 3 rings (SSSR count). The van der Waals surface area contributed by atoms with Gasteiger partial charge >= 0.3 is 0 Å². The van der Waals surface area contributed by atoms with Gasteiger partial charge in [-0.2, -0.15) is 0 Å². The molecular formula is C17H22N2O4. The van der Waals surface area contributed by atoms with Crippen LogP contribution in [0.5, 0.6) is 11.5 Å². The number of nitrogens with one attached hydrogen (secondary N) is 2. The van der Waals surface area contributed by atoms with E-state index in [0.29, 0.717) is 17.2 Å². The molecule has 0 spiro atoms. The van der Waals surface area contributed by atoms with Crippen LogP contribution in [0.25, 0.3) is 10.9 Å². The third-order valence-electron chi connectivity index (χ3n) is 4.25. The summed E-state index contributed by atoms with van der Waals surface area (Å²) in [7, 11) is 3.19. The Balaban J connectivity index is 1.83. The molecule has 1 aliphatic heterocycles. The first-order valence-electron chi connectivity index (χ1n) is 7.79. The van der Waals surface area contributed by atoms with Gasteiger partial charge in [0.15, 0.2) is 0 Å². The number of aromatic amines is 1. The van der Waals surface area contributed by atoms with Crippen LogP contribution < -0.4 is 14.8 Å². The topological polar surface area (TPSA) is 72.6 Å². The lowest BCUT2D eigenvalue weighted by atomic mass is 10.1. The number of benzene rings is 1. The summed E-state index contributed by atoms with van der Waals surface area (Å²) in [5.74, 6) is 1.18. The Labute approximate surface area is 135 Å². The summed E-state index contributed by atoms with van der Waals surface area (Å²) in [5, 5.41) is 3.87. The van der Waals surface area contributed by atoms with Gasteiger partial charge in [0, 0.05) is 18.1 Å². The highest BCUT2D eigenvalue weighted by molar-refractivity contribution is 6.00. The average molecular weight is 318 g/mol. The number of carbonyl (C=O) groups excluding carboxylic acids is 1. The molecule has 2 N–H and O–H groups in total. The van der Waals surface area contributed by atoms with Gasteiger partial charge in [-0.25, -0.2) is 0 Å². The second kappa shape index (κ2) is 6.50. The van der Waals surface area contributed by atoms with Crippen LogP contribution in [0.2, 0.25) is 0 Å². The predicted molar refractivity (Wildman–Crippen MR) is 87.3 cm³/mol. The van der Waals surface area contributed by atoms with Crippen LogP contribution in [0.15, 0.2) is 18.2 Å². The highest BCUT2D eigenvalue weighted by Gasteiger charge is 2.24. The zero-order chi connectivity index (χ0) is 16.4. The molecule has 1 fully saturated rings. The molecule has 0 unspecified atom stereocenters. The molecular weight excluding hydrogens is 296 g/mol. The Morgan fingerprint density at radius 2 is 2.17 bits per heavy atom. The molecule has 6 nitrogen and oxygen atoms in total. The van der Waals surface area contributed by atoms with Crippen molar-refractivity contribution >= 4 is 16.8 Å². The number of hydrogen-bond donors (Lipinski definition) is 2. The number of hydrogen-bond acceptors (Lipinski definition) is 4. The minimum Gasteiger partial charge on any atom is -0.497 e. The molecule has 124 valence electrons. The molecule has 0 radical (unpaired) electrons. The second-order valence-corrected chi connectivity index (χ2v) is 5.79. The predicted octanol–water partition coefficient (Wildman–Crippen LogP) is 2.48. The van der Waals surface area contributed by atoms with Crippen molar-refractivity contribution in [3.05, 3.63) is 23.9 Å². The maximum Gasteiger partial charge on any atom is 0.268 e. The van der Waals surface area contributed by atoms with Crippen LogP contribution in [0.1, 0.15) is 30.3 Å². The van der Waals surface area contributed by atoms with Crippen molar-refractivity contribution in [3.63, 3.8) is 0 Å². The average Bonchev–Trinajstić information content (AvgIpc) is 3.22. The van der Waals surface area contributed by atoms with Crippen molar-refractivity contribution in [3.8, 4) is 11.5 Å². The molecule has 1 aliphatic rings. The van der Waals surface area contributed by atoms with Crippen molar-refractivity contribution in [1.82, 2.24) is 10.3 Å². The lowest BCUT2D eigenvalue weighted by Gasteiger charge is -2.19. The van der Waals surface area contributed by atoms with Gasteiger partial charge in [0.05, 0.1) is 31.9 Å². The summed E-state index contributed by atoms with van der Waals surface area (Å²) in [6, 6.07) is 5.44. The summed E-state index contributed by atoms with van der Waals surface area (Å²) in [5.41, 5.74) is 1.28. The highest BCUT2D eigenvalue weighted by Crippen LogP contribution is 2.31. The van der Waals surface area contributed by atoms with E-state index in [1.54, 1.807) is 26.4 Å². The Bertz CT molecular complexity index is 704. The summed E-state index contributed by atoms with van der Waals surface area (Å²) < 4.78 is 16.2. The van der Waals surface area contributed by atoms with E-state index in [2.05, 4.69) is 10.3 Å². The molecule has 1 aromatic heterocycles. The van der Waals surface area contributed by atoms with Crippen molar-refractivity contribution < 1.29 is 19.0 Å².